The van der Waals surface area contributed by atoms with Gasteiger partial charge < -0.3 is 4.90 Å². The molecule has 2 fully saturated rings. The van der Waals surface area contributed by atoms with Crippen LogP contribution in [0.2, 0.25) is 0 Å². The Balaban J connectivity index is 1.36. The number of amides is 1. The molecule has 0 spiro atoms. The number of hydrogen-bond acceptors (Lipinski definition) is 3. The summed E-state index contributed by atoms with van der Waals surface area (Å²) in [6.07, 6.45) is 6.77. The van der Waals surface area contributed by atoms with Crippen LogP contribution < -0.4 is 0 Å². The van der Waals surface area contributed by atoms with Gasteiger partial charge in [0.2, 0.25) is 5.91 Å². The van der Waals surface area contributed by atoms with E-state index in [0.717, 1.165) is 45.8 Å². The van der Waals surface area contributed by atoms with Gasteiger partial charge in [-0.05, 0) is 18.4 Å². The minimum absolute atomic E-state index is 0.319. The minimum atomic E-state index is 0.319. The summed E-state index contributed by atoms with van der Waals surface area (Å²) in [5.74, 6) is 0.319. The Morgan fingerprint density at radius 3 is 2.26 bits per heavy atom. The number of carbonyl (C=O) groups is 1. The van der Waals surface area contributed by atoms with Gasteiger partial charge in [-0.1, -0.05) is 42.5 Å². The Hall–Kier alpha value is -1.65. The molecule has 0 unspecified atom stereocenters. The van der Waals surface area contributed by atoms with E-state index in [1.807, 2.05) is 11.0 Å². The van der Waals surface area contributed by atoms with Gasteiger partial charge in [0.15, 0.2) is 0 Å². The summed E-state index contributed by atoms with van der Waals surface area (Å²) < 4.78 is 0. The molecule has 0 radical (unpaired) electrons. The lowest BCUT2D eigenvalue weighted by molar-refractivity contribution is -0.131. The van der Waals surface area contributed by atoms with Crippen LogP contribution in [0.3, 0.4) is 0 Å². The van der Waals surface area contributed by atoms with Crippen molar-refractivity contribution in [2.75, 3.05) is 52.4 Å². The molecule has 124 valence electrons. The second kappa shape index (κ2) is 8.27. The third-order valence-corrected chi connectivity index (χ3v) is 4.76. The first kappa shape index (κ1) is 16.2. The Morgan fingerprint density at radius 2 is 1.57 bits per heavy atom. The molecule has 0 atom stereocenters. The summed E-state index contributed by atoms with van der Waals surface area (Å²) in [6.45, 7) is 7.61. The summed E-state index contributed by atoms with van der Waals surface area (Å²) in [4.78, 5) is 19.0. The monoisotopic (exact) mass is 313 g/mol. The van der Waals surface area contributed by atoms with E-state index in [4.69, 9.17) is 0 Å². The Morgan fingerprint density at radius 1 is 0.913 bits per heavy atom. The number of piperazine rings is 1. The quantitative estimate of drug-likeness (QED) is 0.831. The van der Waals surface area contributed by atoms with Gasteiger partial charge in [-0.25, -0.2) is 0 Å². The van der Waals surface area contributed by atoms with Gasteiger partial charge in [-0.2, -0.15) is 0 Å². The van der Waals surface area contributed by atoms with Crippen molar-refractivity contribution in [1.29, 1.82) is 0 Å². The number of carbonyl (C=O) groups excluding carboxylic acids is 1. The van der Waals surface area contributed by atoms with Crippen molar-refractivity contribution in [3.8, 4) is 0 Å². The van der Waals surface area contributed by atoms with E-state index in [2.05, 4.69) is 46.2 Å². The van der Waals surface area contributed by atoms with Crippen LogP contribution in [-0.2, 0) is 4.79 Å². The van der Waals surface area contributed by atoms with Crippen molar-refractivity contribution in [3.63, 3.8) is 0 Å². The van der Waals surface area contributed by atoms with Crippen molar-refractivity contribution in [2.45, 2.75) is 12.8 Å². The summed E-state index contributed by atoms with van der Waals surface area (Å²) in [6, 6.07) is 10.4. The number of benzene rings is 1. The predicted octanol–water partition coefficient (Wildman–Crippen LogP) is 1.94. The summed E-state index contributed by atoms with van der Waals surface area (Å²) in [5, 5.41) is 0. The zero-order valence-electron chi connectivity index (χ0n) is 13.9. The molecule has 4 nitrogen and oxygen atoms in total. The molecular weight excluding hydrogens is 286 g/mol. The molecular formula is C19H27N3O. The van der Waals surface area contributed by atoms with E-state index in [9.17, 15) is 4.79 Å². The fraction of sp³-hybridized carbons (Fsp3) is 0.526. The molecule has 23 heavy (non-hydrogen) atoms. The highest BCUT2D eigenvalue weighted by molar-refractivity contribution is 5.78. The van der Waals surface area contributed by atoms with Crippen molar-refractivity contribution < 1.29 is 4.79 Å². The van der Waals surface area contributed by atoms with Gasteiger partial charge >= 0.3 is 0 Å². The number of likely N-dealkylation sites (tertiary alicyclic amines) is 1. The fourth-order valence-electron chi connectivity index (χ4n) is 3.29. The molecule has 0 bridgehead atoms. The van der Waals surface area contributed by atoms with Crippen molar-refractivity contribution in [2.24, 2.45) is 0 Å². The maximum Gasteiger partial charge on any atom is 0.236 e. The van der Waals surface area contributed by atoms with Gasteiger partial charge in [0, 0.05) is 45.8 Å². The van der Waals surface area contributed by atoms with E-state index in [-0.39, 0.29) is 0 Å². The average Bonchev–Trinajstić information content (AvgIpc) is 3.12. The van der Waals surface area contributed by atoms with Crippen molar-refractivity contribution >= 4 is 12.0 Å². The molecule has 2 heterocycles. The van der Waals surface area contributed by atoms with Gasteiger partial charge in [-0.3, -0.25) is 14.6 Å². The zero-order chi connectivity index (χ0) is 15.9. The lowest BCUT2D eigenvalue weighted by Gasteiger charge is -2.34. The van der Waals surface area contributed by atoms with Gasteiger partial charge in [0.05, 0.1) is 6.54 Å². The van der Waals surface area contributed by atoms with Crippen LogP contribution in [0, 0.1) is 0 Å². The molecule has 0 aromatic heterocycles. The first-order valence-corrected chi connectivity index (χ1v) is 8.75. The van der Waals surface area contributed by atoms with Crippen LogP contribution in [0.5, 0.6) is 0 Å². The molecule has 0 aliphatic carbocycles. The Bertz CT molecular complexity index is 515. The number of nitrogens with zero attached hydrogens (tertiary/aromatic N) is 3. The van der Waals surface area contributed by atoms with E-state index < -0.39 is 0 Å². The van der Waals surface area contributed by atoms with E-state index in [0.29, 0.717) is 12.5 Å². The van der Waals surface area contributed by atoms with Crippen molar-refractivity contribution in [1.82, 2.24) is 14.7 Å². The summed E-state index contributed by atoms with van der Waals surface area (Å²) in [5.41, 5.74) is 1.25. The molecule has 1 amide bonds. The van der Waals surface area contributed by atoms with E-state index in [1.165, 1.54) is 18.4 Å². The van der Waals surface area contributed by atoms with Gasteiger partial charge in [-0.15, -0.1) is 0 Å². The molecule has 2 aliphatic heterocycles. The largest absolute Gasteiger partial charge is 0.342 e. The molecule has 1 aromatic carbocycles. The highest BCUT2D eigenvalue weighted by Gasteiger charge is 2.22. The smallest absolute Gasteiger partial charge is 0.236 e. The second-order valence-corrected chi connectivity index (χ2v) is 6.48. The normalized spacial score (nSPS) is 20.4. The first-order valence-electron chi connectivity index (χ1n) is 8.75. The van der Waals surface area contributed by atoms with Crippen LogP contribution >= 0.6 is 0 Å². The lowest BCUT2D eigenvalue weighted by atomic mass is 10.2. The molecule has 4 heteroatoms. The molecule has 2 saturated heterocycles. The third kappa shape index (κ3) is 4.91. The van der Waals surface area contributed by atoms with E-state index >= 15 is 0 Å². The Labute approximate surface area is 139 Å². The minimum Gasteiger partial charge on any atom is -0.342 e. The predicted molar refractivity (Wildman–Crippen MR) is 94.2 cm³/mol. The van der Waals surface area contributed by atoms with Crippen LogP contribution in [0.1, 0.15) is 18.4 Å². The molecule has 2 aliphatic rings. The van der Waals surface area contributed by atoms with Crippen LogP contribution in [0.15, 0.2) is 36.4 Å². The molecule has 0 N–H and O–H groups in total. The van der Waals surface area contributed by atoms with Crippen molar-refractivity contribution in [3.05, 3.63) is 42.0 Å². The first-order chi connectivity index (χ1) is 11.3. The van der Waals surface area contributed by atoms with Gasteiger partial charge in [0.25, 0.3) is 0 Å². The Kier molecular flexibility index (Phi) is 5.83. The zero-order valence-corrected chi connectivity index (χ0v) is 13.9. The maximum atomic E-state index is 12.2. The molecule has 3 rings (SSSR count). The van der Waals surface area contributed by atoms with Crippen LogP contribution in [-0.4, -0.2) is 73.0 Å². The number of rotatable bonds is 5. The topological polar surface area (TPSA) is 26.8 Å². The summed E-state index contributed by atoms with van der Waals surface area (Å²) in [7, 11) is 0. The van der Waals surface area contributed by atoms with E-state index in [1.54, 1.807) is 0 Å². The highest BCUT2D eigenvalue weighted by Crippen LogP contribution is 2.09. The standard InChI is InChI=1S/C19H27N3O/c23-19(22-11-4-5-12-22)17-21-15-13-20(14-16-21)10-6-9-18-7-2-1-3-8-18/h1-3,6-9H,4-5,10-17H2/b9-6+. The summed E-state index contributed by atoms with van der Waals surface area (Å²) >= 11 is 0. The van der Waals surface area contributed by atoms with Gasteiger partial charge in [0.1, 0.15) is 0 Å². The van der Waals surface area contributed by atoms with Crippen LogP contribution in [0.4, 0.5) is 0 Å². The lowest BCUT2D eigenvalue weighted by Crippen LogP contribution is -2.49. The average molecular weight is 313 g/mol. The highest BCUT2D eigenvalue weighted by atomic mass is 16.2. The number of hydrogen-bond donors (Lipinski definition) is 0. The SMILES string of the molecule is O=C(CN1CCN(C/C=C/c2ccccc2)CC1)N1CCCC1. The van der Waals surface area contributed by atoms with Crippen LogP contribution in [0.25, 0.3) is 6.08 Å². The fourth-order valence-corrected chi connectivity index (χ4v) is 3.29. The second-order valence-electron chi connectivity index (χ2n) is 6.48. The third-order valence-electron chi connectivity index (χ3n) is 4.76. The maximum absolute atomic E-state index is 12.2. The molecule has 0 saturated carbocycles. The molecule has 1 aromatic rings.